The Balaban J connectivity index is 2.20. The first-order valence-corrected chi connectivity index (χ1v) is 8.65. The molecule has 1 aromatic carbocycles. The Labute approximate surface area is 154 Å². The SMILES string of the molecule is CC(OC(=O)CCNC(=O)OC(C)(C)C)C(=O)NCCc1ccccc1. The van der Waals surface area contributed by atoms with Crippen molar-refractivity contribution in [3.8, 4) is 0 Å². The molecule has 1 aromatic rings. The van der Waals surface area contributed by atoms with Gasteiger partial charge in [0.25, 0.3) is 5.91 Å². The van der Waals surface area contributed by atoms with Crippen molar-refractivity contribution < 1.29 is 23.9 Å². The van der Waals surface area contributed by atoms with Crippen molar-refractivity contribution in [2.75, 3.05) is 13.1 Å². The molecule has 144 valence electrons. The third kappa shape index (κ3) is 9.66. The topological polar surface area (TPSA) is 93.7 Å². The van der Waals surface area contributed by atoms with Gasteiger partial charge < -0.3 is 20.1 Å². The van der Waals surface area contributed by atoms with Crippen molar-refractivity contribution in [2.24, 2.45) is 0 Å². The Hall–Kier alpha value is -2.57. The maximum atomic E-state index is 11.9. The number of carbonyl (C=O) groups is 3. The molecule has 0 aliphatic rings. The lowest BCUT2D eigenvalue weighted by atomic mass is 10.1. The summed E-state index contributed by atoms with van der Waals surface area (Å²) in [5.74, 6) is -0.916. The molecule has 0 bridgehead atoms. The predicted octanol–water partition coefficient (Wildman–Crippen LogP) is 2.19. The second kappa shape index (κ2) is 10.4. The molecule has 0 aromatic heterocycles. The molecule has 1 atom stereocenters. The molecule has 0 saturated heterocycles. The number of ether oxygens (including phenoxy) is 2. The molecule has 0 aliphatic heterocycles. The third-order valence-corrected chi connectivity index (χ3v) is 3.23. The van der Waals surface area contributed by atoms with Crippen LogP contribution in [0.25, 0.3) is 0 Å². The molecule has 0 heterocycles. The summed E-state index contributed by atoms with van der Waals surface area (Å²) in [7, 11) is 0. The largest absolute Gasteiger partial charge is 0.452 e. The van der Waals surface area contributed by atoms with E-state index in [1.54, 1.807) is 20.8 Å². The van der Waals surface area contributed by atoms with Gasteiger partial charge in [-0.1, -0.05) is 30.3 Å². The summed E-state index contributed by atoms with van der Waals surface area (Å²) >= 11 is 0. The average molecular weight is 364 g/mol. The van der Waals surface area contributed by atoms with Gasteiger partial charge in [0.1, 0.15) is 5.60 Å². The van der Waals surface area contributed by atoms with E-state index in [0.29, 0.717) is 13.0 Å². The molecule has 0 spiro atoms. The predicted molar refractivity (Wildman–Crippen MR) is 97.6 cm³/mol. The Bertz CT molecular complexity index is 596. The Morgan fingerprint density at radius 2 is 1.69 bits per heavy atom. The molecule has 0 fully saturated rings. The monoisotopic (exact) mass is 364 g/mol. The number of benzene rings is 1. The second-order valence-corrected chi connectivity index (χ2v) is 6.84. The van der Waals surface area contributed by atoms with Gasteiger partial charge >= 0.3 is 12.1 Å². The van der Waals surface area contributed by atoms with Crippen molar-refractivity contribution in [2.45, 2.75) is 52.2 Å². The Morgan fingerprint density at radius 3 is 2.31 bits per heavy atom. The van der Waals surface area contributed by atoms with Gasteiger partial charge in [-0.2, -0.15) is 0 Å². The van der Waals surface area contributed by atoms with Crippen LogP contribution in [-0.4, -0.2) is 42.8 Å². The number of hydrogen-bond acceptors (Lipinski definition) is 5. The lowest BCUT2D eigenvalue weighted by molar-refractivity contribution is -0.154. The van der Waals surface area contributed by atoms with Crippen LogP contribution in [0.5, 0.6) is 0 Å². The highest BCUT2D eigenvalue weighted by atomic mass is 16.6. The van der Waals surface area contributed by atoms with E-state index in [9.17, 15) is 14.4 Å². The fourth-order valence-corrected chi connectivity index (χ4v) is 2.01. The van der Waals surface area contributed by atoms with Crippen LogP contribution in [0.15, 0.2) is 30.3 Å². The van der Waals surface area contributed by atoms with Crippen molar-refractivity contribution in [3.63, 3.8) is 0 Å². The minimum atomic E-state index is -0.889. The number of alkyl carbamates (subject to hydrolysis) is 1. The average Bonchev–Trinajstić information content (AvgIpc) is 2.54. The van der Waals surface area contributed by atoms with Gasteiger partial charge in [0.2, 0.25) is 0 Å². The minimum Gasteiger partial charge on any atom is -0.452 e. The van der Waals surface area contributed by atoms with Crippen molar-refractivity contribution in [1.82, 2.24) is 10.6 Å². The van der Waals surface area contributed by atoms with E-state index in [0.717, 1.165) is 5.56 Å². The number of rotatable bonds is 8. The summed E-state index contributed by atoms with van der Waals surface area (Å²) in [5, 5.41) is 5.19. The van der Waals surface area contributed by atoms with Crippen LogP contribution in [0.4, 0.5) is 4.79 Å². The fraction of sp³-hybridized carbons (Fsp3) is 0.526. The lowest BCUT2D eigenvalue weighted by Gasteiger charge is -2.19. The fourth-order valence-electron chi connectivity index (χ4n) is 2.01. The summed E-state index contributed by atoms with van der Waals surface area (Å²) in [4.78, 5) is 35.1. The van der Waals surface area contributed by atoms with Crippen LogP contribution in [0.1, 0.15) is 39.7 Å². The van der Waals surface area contributed by atoms with Gasteiger partial charge in [0.15, 0.2) is 6.10 Å². The maximum absolute atomic E-state index is 11.9. The molecule has 26 heavy (non-hydrogen) atoms. The molecule has 7 nitrogen and oxygen atoms in total. The molecule has 0 radical (unpaired) electrons. The first-order chi connectivity index (χ1) is 12.2. The highest BCUT2D eigenvalue weighted by Gasteiger charge is 2.18. The lowest BCUT2D eigenvalue weighted by Crippen LogP contribution is -2.38. The summed E-state index contributed by atoms with van der Waals surface area (Å²) in [6.45, 7) is 7.30. The van der Waals surface area contributed by atoms with Gasteiger partial charge in [-0.3, -0.25) is 9.59 Å². The van der Waals surface area contributed by atoms with Gasteiger partial charge in [-0.25, -0.2) is 4.79 Å². The zero-order valence-corrected chi connectivity index (χ0v) is 15.8. The highest BCUT2D eigenvalue weighted by molar-refractivity contribution is 5.83. The van der Waals surface area contributed by atoms with Crippen LogP contribution in [0.3, 0.4) is 0 Å². The molecule has 1 unspecified atom stereocenters. The van der Waals surface area contributed by atoms with Crippen molar-refractivity contribution in [3.05, 3.63) is 35.9 Å². The maximum Gasteiger partial charge on any atom is 0.407 e. The number of hydrogen-bond donors (Lipinski definition) is 2. The zero-order chi connectivity index (χ0) is 19.6. The molecule has 1 rings (SSSR count). The third-order valence-electron chi connectivity index (χ3n) is 3.23. The minimum absolute atomic E-state index is 0.0408. The van der Waals surface area contributed by atoms with Crippen molar-refractivity contribution >= 4 is 18.0 Å². The van der Waals surface area contributed by atoms with E-state index in [4.69, 9.17) is 9.47 Å². The van der Waals surface area contributed by atoms with Crippen LogP contribution >= 0.6 is 0 Å². The quantitative estimate of drug-likeness (QED) is 0.690. The van der Waals surface area contributed by atoms with E-state index in [1.807, 2.05) is 30.3 Å². The smallest absolute Gasteiger partial charge is 0.407 e. The first kappa shape index (κ1) is 21.5. The van der Waals surface area contributed by atoms with Gasteiger partial charge in [-0.05, 0) is 39.7 Å². The van der Waals surface area contributed by atoms with Gasteiger partial charge in [0.05, 0.1) is 6.42 Å². The number of esters is 1. The summed E-state index contributed by atoms with van der Waals surface area (Å²) in [5.41, 5.74) is 0.516. The van der Waals surface area contributed by atoms with Crippen LogP contribution in [0, 0.1) is 0 Å². The van der Waals surface area contributed by atoms with E-state index < -0.39 is 23.8 Å². The van der Waals surface area contributed by atoms with E-state index in [-0.39, 0.29) is 18.9 Å². The van der Waals surface area contributed by atoms with Crippen molar-refractivity contribution in [1.29, 1.82) is 0 Å². The standard InChI is InChI=1S/C19H28N2O5/c1-14(17(23)20-12-10-15-8-6-5-7-9-15)25-16(22)11-13-21-18(24)26-19(2,3)4/h5-9,14H,10-13H2,1-4H3,(H,20,23)(H,21,24). The Kier molecular flexibility index (Phi) is 8.61. The number of nitrogens with one attached hydrogen (secondary N) is 2. The molecule has 2 amide bonds. The Morgan fingerprint density at radius 1 is 1.04 bits per heavy atom. The molecule has 0 saturated carbocycles. The zero-order valence-electron chi connectivity index (χ0n) is 15.8. The highest BCUT2D eigenvalue weighted by Crippen LogP contribution is 2.06. The van der Waals surface area contributed by atoms with E-state index >= 15 is 0 Å². The summed E-state index contributed by atoms with van der Waals surface area (Å²) in [6.07, 6.45) is -0.828. The van der Waals surface area contributed by atoms with Crippen LogP contribution in [0.2, 0.25) is 0 Å². The normalized spacial score (nSPS) is 12.0. The molecule has 0 aliphatic carbocycles. The molecular weight excluding hydrogens is 336 g/mol. The first-order valence-electron chi connectivity index (χ1n) is 8.65. The summed E-state index contributed by atoms with van der Waals surface area (Å²) in [6, 6.07) is 9.77. The van der Waals surface area contributed by atoms with E-state index in [2.05, 4.69) is 10.6 Å². The molecule has 7 heteroatoms. The van der Waals surface area contributed by atoms with Gasteiger partial charge in [-0.15, -0.1) is 0 Å². The van der Waals surface area contributed by atoms with Crippen LogP contribution in [-0.2, 0) is 25.5 Å². The van der Waals surface area contributed by atoms with Crippen LogP contribution < -0.4 is 10.6 Å². The number of amides is 2. The van der Waals surface area contributed by atoms with Gasteiger partial charge in [0, 0.05) is 13.1 Å². The number of carbonyl (C=O) groups excluding carboxylic acids is 3. The molecular formula is C19H28N2O5. The summed E-state index contributed by atoms with van der Waals surface area (Å²) < 4.78 is 10.1. The molecule has 2 N–H and O–H groups in total. The van der Waals surface area contributed by atoms with E-state index in [1.165, 1.54) is 6.92 Å². The second-order valence-electron chi connectivity index (χ2n) is 6.84.